The molecule has 0 bridgehead atoms. The summed E-state index contributed by atoms with van der Waals surface area (Å²) in [6.07, 6.45) is 2.91. The molecule has 2 aliphatic rings. The first kappa shape index (κ1) is 21.4. The van der Waals surface area contributed by atoms with E-state index >= 15 is 0 Å². The van der Waals surface area contributed by atoms with Crippen LogP contribution in [0.2, 0.25) is 0 Å². The van der Waals surface area contributed by atoms with Gasteiger partial charge in [-0.25, -0.2) is 4.79 Å². The number of esters is 1. The summed E-state index contributed by atoms with van der Waals surface area (Å²) in [5.74, 6) is -0.188. The van der Waals surface area contributed by atoms with Crippen LogP contribution in [0, 0.1) is 5.92 Å². The SMILES string of the molecule is COc1cc(Br)c(C2C(C(=O)OC(C)C)=C(C)NC3=CCCC(=O)C32)cc1OC. The summed E-state index contributed by atoms with van der Waals surface area (Å²) in [7, 11) is 3.12. The molecule has 2 atom stereocenters. The Morgan fingerprint density at radius 3 is 2.45 bits per heavy atom. The van der Waals surface area contributed by atoms with Crippen LogP contribution in [0.1, 0.15) is 45.1 Å². The Labute approximate surface area is 179 Å². The van der Waals surface area contributed by atoms with Crippen LogP contribution >= 0.6 is 15.9 Å². The third kappa shape index (κ3) is 4.06. The smallest absolute Gasteiger partial charge is 0.336 e. The number of ether oxygens (including phenoxy) is 3. The molecule has 1 aliphatic heterocycles. The normalized spacial score (nSPS) is 21.3. The molecular weight excluding hydrogens is 438 g/mol. The molecule has 2 unspecified atom stereocenters. The zero-order valence-electron chi connectivity index (χ0n) is 17.3. The second-order valence-electron chi connectivity index (χ2n) is 7.47. The first-order chi connectivity index (χ1) is 13.8. The van der Waals surface area contributed by atoms with E-state index in [1.54, 1.807) is 20.3 Å². The van der Waals surface area contributed by atoms with Crippen LogP contribution in [0.15, 0.2) is 39.6 Å². The Morgan fingerprint density at radius 2 is 1.83 bits per heavy atom. The molecule has 0 aromatic heterocycles. The maximum Gasteiger partial charge on any atom is 0.336 e. The lowest BCUT2D eigenvalue weighted by molar-refractivity contribution is -0.143. The van der Waals surface area contributed by atoms with Crippen molar-refractivity contribution in [2.75, 3.05) is 14.2 Å². The zero-order chi connectivity index (χ0) is 21.3. The molecule has 1 heterocycles. The summed E-state index contributed by atoms with van der Waals surface area (Å²) in [5.41, 5.74) is 2.78. The minimum atomic E-state index is -0.490. The minimum absolute atomic E-state index is 0.101. The molecular formula is C22H26BrNO5. The number of nitrogens with one attached hydrogen (secondary N) is 1. The number of Topliss-reactive ketones (excluding diaryl/α,β-unsaturated/α-hetero) is 1. The van der Waals surface area contributed by atoms with Crippen LogP contribution in [0.5, 0.6) is 11.5 Å². The molecule has 0 fully saturated rings. The molecule has 7 heteroatoms. The Balaban J connectivity index is 2.23. The Morgan fingerprint density at radius 1 is 1.17 bits per heavy atom. The minimum Gasteiger partial charge on any atom is -0.493 e. The first-order valence-electron chi connectivity index (χ1n) is 9.61. The van der Waals surface area contributed by atoms with E-state index in [-0.39, 0.29) is 11.9 Å². The molecule has 1 aromatic rings. The number of rotatable bonds is 5. The van der Waals surface area contributed by atoms with Crippen molar-refractivity contribution in [1.82, 2.24) is 5.32 Å². The van der Waals surface area contributed by atoms with E-state index in [0.717, 1.165) is 15.7 Å². The molecule has 1 aromatic carbocycles. The van der Waals surface area contributed by atoms with Gasteiger partial charge in [-0.1, -0.05) is 22.0 Å². The summed E-state index contributed by atoms with van der Waals surface area (Å²) in [5, 5.41) is 3.27. The van der Waals surface area contributed by atoms with Crippen LogP contribution in [0.4, 0.5) is 0 Å². The Kier molecular flexibility index (Phi) is 6.36. The number of hydrogen-bond donors (Lipinski definition) is 1. The molecule has 29 heavy (non-hydrogen) atoms. The van der Waals surface area contributed by atoms with Gasteiger partial charge in [-0.2, -0.15) is 0 Å². The van der Waals surface area contributed by atoms with Crippen molar-refractivity contribution < 1.29 is 23.8 Å². The van der Waals surface area contributed by atoms with E-state index in [2.05, 4.69) is 21.2 Å². The molecule has 3 rings (SSSR count). The van der Waals surface area contributed by atoms with E-state index in [1.165, 1.54) is 0 Å². The van der Waals surface area contributed by atoms with Crippen molar-refractivity contribution in [3.63, 3.8) is 0 Å². The van der Waals surface area contributed by atoms with Crippen molar-refractivity contribution >= 4 is 27.7 Å². The fourth-order valence-electron chi connectivity index (χ4n) is 4.00. The summed E-state index contributed by atoms with van der Waals surface area (Å²) >= 11 is 3.61. The zero-order valence-corrected chi connectivity index (χ0v) is 18.9. The van der Waals surface area contributed by atoms with E-state index < -0.39 is 17.8 Å². The third-order valence-corrected chi connectivity index (χ3v) is 5.90. The third-order valence-electron chi connectivity index (χ3n) is 5.22. The number of halogens is 1. The quantitative estimate of drug-likeness (QED) is 0.658. The fourth-order valence-corrected chi connectivity index (χ4v) is 4.57. The molecule has 0 saturated carbocycles. The van der Waals surface area contributed by atoms with Crippen LogP contribution in [-0.2, 0) is 14.3 Å². The molecule has 0 spiro atoms. The lowest BCUT2D eigenvalue weighted by Gasteiger charge is -2.38. The van der Waals surface area contributed by atoms with Gasteiger partial charge in [-0.3, -0.25) is 4.79 Å². The van der Waals surface area contributed by atoms with Crippen molar-refractivity contribution in [3.05, 3.63) is 45.2 Å². The van der Waals surface area contributed by atoms with Gasteiger partial charge in [0.1, 0.15) is 5.78 Å². The van der Waals surface area contributed by atoms with Crippen LogP contribution < -0.4 is 14.8 Å². The highest BCUT2D eigenvalue weighted by Crippen LogP contribution is 2.48. The van der Waals surface area contributed by atoms with Crippen molar-refractivity contribution in [2.24, 2.45) is 5.92 Å². The molecule has 0 amide bonds. The standard InChI is InChI=1S/C22H26BrNO5/c1-11(2)29-22(26)19-12(3)24-15-7-6-8-16(25)21(15)20(19)13-9-17(27-4)18(28-5)10-14(13)23/h7,9-11,20-21,24H,6,8H2,1-5H3. The van der Waals surface area contributed by atoms with Crippen LogP contribution in [0.3, 0.4) is 0 Å². The van der Waals surface area contributed by atoms with Gasteiger partial charge < -0.3 is 19.5 Å². The van der Waals surface area contributed by atoms with Crippen LogP contribution in [-0.4, -0.2) is 32.1 Å². The number of benzene rings is 1. The first-order valence-corrected chi connectivity index (χ1v) is 10.4. The number of ketones is 1. The predicted octanol–water partition coefficient (Wildman–Crippen LogP) is 4.24. The van der Waals surface area contributed by atoms with Gasteiger partial charge in [-0.15, -0.1) is 0 Å². The molecule has 0 radical (unpaired) electrons. The van der Waals surface area contributed by atoms with Crippen molar-refractivity contribution in [3.8, 4) is 11.5 Å². The van der Waals surface area contributed by atoms with Gasteiger partial charge in [-0.05, 0) is 44.9 Å². The summed E-state index contributed by atoms with van der Waals surface area (Å²) in [6, 6.07) is 3.63. The molecule has 156 valence electrons. The molecule has 1 aliphatic carbocycles. The molecule has 1 N–H and O–H groups in total. The maximum atomic E-state index is 13.1. The van der Waals surface area contributed by atoms with E-state index in [1.807, 2.05) is 32.9 Å². The van der Waals surface area contributed by atoms with Gasteiger partial charge in [0.25, 0.3) is 0 Å². The second kappa shape index (κ2) is 8.61. The highest BCUT2D eigenvalue weighted by atomic mass is 79.9. The van der Waals surface area contributed by atoms with Gasteiger partial charge in [0.15, 0.2) is 11.5 Å². The maximum absolute atomic E-state index is 13.1. The van der Waals surface area contributed by atoms with E-state index in [9.17, 15) is 9.59 Å². The largest absolute Gasteiger partial charge is 0.493 e. The number of hydrogen-bond acceptors (Lipinski definition) is 6. The van der Waals surface area contributed by atoms with Gasteiger partial charge >= 0.3 is 5.97 Å². The summed E-state index contributed by atoms with van der Waals surface area (Å²) in [6.45, 7) is 5.46. The predicted molar refractivity (Wildman–Crippen MR) is 113 cm³/mol. The fraction of sp³-hybridized carbons (Fsp3) is 0.455. The Hall–Kier alpha value is -2.28. The van der Waals surface area contributed by atoms with E-state index in [0.29, 0.717) is 35.6 Å². The van der Waals surface area contributed by atoms with E-state index in [4.69, 9.17) is 14.2 Å². The topological polar surface area (TPSA) is 73.9 Å². The lowest BCUT2D eigenvalue weighted by Crippen LogP contribution is -2.41. The number of fused-ring (bicyclic) bond motifs is 1. The second-order valence-corrected chi connectivity index (χ2v) is 8.32. The highest BCUT2D eigenvalue weighted by molar-refractivity contribution is 9.10. The van der Waals surface area contributed by atoms with Crippen molar-refractivity contribution in [2.45, 2.75) is 45.6 Å². The summed E-state index contributed by atoms with van der Waals surface area (Å²) < 4.78 is 17.1. The lowest BCUT2D eigenvalue weighted by atomic mass is 9.71. The van der Waals surface area contributed by atoms with Crippen molar-refractivity contribution in [1.29, 1.82) is 0 Å². The summed E-state index contributed by atoms with van der Waals surface area (Å²) in [4.78, 5) is 26.0. The number of carbonyl (C=O) groups excluding carboxylic acids is 2. The van der Waals surface area contributed by atoms with Gasteiger partial charge in [0.05, 0.1) is 31.8 Å². The number of carbonyl (C=O) groups is 2. The van der Waals surface area contributed by atoms with Crippen LogP contribution in [0.25, 0.3) is 0 Å². The molecule has 6 nitrogen and oxygen atoms in total. The number of allylic oxidation sites excluding steroid dienone is 3. The van der Waals surface area contributed by atoms with Gasteiger partial charge in [0.2, 0.25) is 0 Å². The number of methoxy groups -OCH3 is 2. The monoisotopic (exact) mass is 463 g/mol. The average Bonchev–Trinajstić information content (AvgIpc) is 2.66. The highest BCUT2D eigenvalue weighted by Gasteiger charge is 2.44. The molecule has 0 saturated heterocycles. The van der Waals surface area contributed by atoms with Gasteiger partial charge in [0, 0.05) is 28.2 Å². The Bertz CT molecular complexity index is 903. The average molecular weight is 464 g/mol.